The Morgan fingerprint density at radius 3 is 2.87 bits per heavy atom. The van der Waals surface area contributed by atoms with Gasteiger partial charge in [0.2, 0.25) is 0 Å². The van der Waals surface area contributed by atoms with Crippen LogP contribution in [0.5, 0.6) is 0 Å². The highest BCUT2D eigenvalue weighted by Crippen LogP contribution is 2.12. The Hall–Kier alpha value is -0.900. The number of nitrogens with zero attached hydrogens (tertiary/aromatic N) is 3. The molecule has 0 aliphatic heterocycles. The van der Waals surface area contributed by atoms with Crippen molar-refractivity contribution in [1.82, 2.24) is 20.1 Å². The monoisotopic (exact) mass is 210 g/mol. The van der Waals surface area contributed by atoms with E-state index in [1.165, 1.54) is 6.42 Å². The first-order valence-corrected chi connectivity index (χ1v) is 5.88. The van der Waals surface area contributed by atoms with Gasteiger partial charge in [-0.1, -0.05) is 20.3 Å². The van der Waals surface area contributed by atoms with Gasteiger partial charge in [-0.3, -0.25) is 0 Å². The predicted octanol–water partition coefficient (Wildman–Crippen LogP) is 2.14. The van der Waals surface area contributed by atoms with Crippen molar-refractivity contribution in [3.05, 3.63) is 12.2 Å². The van der Waals surface area contributed by atoms with Crippen LogP contribution in [0.25, 0.3) is 0 Å². The van der Waals surface area contributed by atoms with Crippen molar-refractivity contribution < 1.29 is 0 Å². The summed E-state index contributed by atoms with van der Waals surface area (Å²) in [6.07, 6.45) is 5.14. The maximum Gasteiger partial charge on any atom is 0.141 e. The van der Waals surface area contributed by atoms with Crippen molar-refractivity contribution in [2.45, 2.75) is 52.6 Å². The van der Waals surface area contributed by atoms with E-state index in [-0.39, 0.29) is 0 Å². The summed E-state index contributed by atoms with van der Waals surface area (Å²) < 4.78 is 2.03. The van der Waals surface area contributed by atoms with Gasteiger partial charge in [0.15, 0.2) is 0 Å². The molecule has 1 atom stereocenters. The molecule has 0 aliphatic carbocycles. The lowest BCUT2D eigenvalue weighted by molar-refractivity contribution is 0.429. The van der Waals surface area contributed by atoms with E-state index in [0.717, 1.165) is 31.8 Å². The fourth-order valence-corrected chi connectivity index (χ4v) is 1.69. The van der Waals surface area contributed by atoms with Crippen LogP contribution in [-0.4, -0.2) is 21.3 Å². The summed E-state index contributed by atoms with van der Waals surface area (Å²) in [5.74, 6) is 1.05. The largest absolute Gasteiger partial charge is 0.310 e. The molecule has 1 heterocycles. The minimum absolute atomic E-state index is 0.455. The maximum atomic E-state index is 4.28. The topological polar surface area (TPSA) is 42.7 Å². The summed E-state index contributed by atoms with van der Waals surface area (Å²) in [4.78, 5) is 4.28. The highest BCUT2D eigenvalue weighted by molar-refractivity contribution is 4.86. The molecule has 1 rings (SSSR count). The standard InChI is InChI=1S/C11H22N4/c1-4-6-10(3)15-11(13-9-14-15)8-12-7-5-2/h9-10,12H,4-8H2,1-3H3. The van der Waals surface area contributed by atoms with Crippen LogP contribution in [0.15, 0.2) is 6.33 Å². The molecule has 0 spiro atoms. The summed E-state index contributed by atoms with van der Waals surface area (Å²) >= 11 is 0. The Morgan fingerprint density at radius 1 is 1.40 bits per heavy atom. The molecule has 0 bridgehead atoms. The summed E-state index contributed by atoms with van der Waals surface area (Å²) in [7, 11) is 0. The van der Waals surface area contributed by atoms with Gasteiger partial charge in [0, 0.05) is 0 Å². The van der Waals surface area contributed by atoms with Crippen molar-refractivity contribution >= 4 is 0 Å². The van der Waals surface area contributed by atoms with Gasteiger partial charge in [-0.05, 0) is 26.3 Å². The first-order chi connectivity index (χ1) is 7.29. The smallest absolute Gasteiger partial charge is 0.141 e. The normalized spacial score (nSPS) is 13.0. The van der Waals surface area contributed by atoms with Gasteiger partial charge in [-0.15, -0.1) is 0 Å². The van der Waals surface area contributed by atoms with Gasteiger partial charge in [0.25, 0.3) is 0 Å². The number of rotatable bonds is 7. The molecular weight excluding hydrogens is 188 g/mol. The zero-order valence-electron chi connectivity index (χ0n) is 10.0. The fourth-order valence-electron chi connectivity index (χ4n) is 1.69. The van der Waals surface area contributed by atoms with Crippen molar-refractivity contribution in [2.24, 2.45) is 0 Å². The zero-order valence-corrected chi connectivity index (χ0v) is 10.0. The fraction of sp³-hybridized carbons (Fsp3) is 0.818. The molecule has 1 N–H and O–H groups in total. The Labute approximate surface area is 92.1 Å². The highest BCUT2D eigenvalue weighted by Gasteiger charge is 2.09. The van der Waals surface area contributed by atoms with Crippen molar-refractivity contribution in [1.29, 1.82) is 0 Å². The van der Waals surface area contributed by atoms with Crippen LogP contribution in [0.2, 0.25) is 0 Å². The molecule has 0 saturated heterocycles. The van der Waals surface area contributed by atoms with Gasteiger partial charge >= 0.3 is 0 Å². The van der Waals surface area contributed by atoms with Gasteiger partial charge in [-0.2, -0.15) is 5.10 Å². The van der Waals surface area contributed by atoms with Crippen LogP contribution >= 0.6 is 0 Å². The molecule has 0 amide bonds. The average Bonchev–Trinajstić information content (AvgIpc) is 2.67. The van der Waals surface area contributed by atoms with Crippen molar-refractivity contribution in [3.63, 3.8) is 0 Å². The van der Waals surface area contributed by atoms with Gasteiger partial charge in [-0.25, -0.2) is 9.67 Å². The average molecular weight is 210 g/mol. The maximum absolute atomic E-state index is 4.28. The lowest BCUT2D eigenvalue weighted by atomic mass is 10.2. The molecule has 0 aromatic carbocycles. The van der Waals surface area contributed by atoms with E-state index in [2.05, 4.69) is 36.2 Å². The van der Waals surface area contributed by atoms with Crippen LogP contribution in [0.3, 0.4) is 0 Å². The molecule has 0 radical (unpaired) electrons. The molecule has 1 aromatic rings. The molecule has 15 heavy (non-hydrogen) atoms. The van der Waals surface area contributed by atoms with Gasteiger partial charge < -0.3 is 5.32 Å². The zero-order chi connectivity index (χ0) is 11.1. The molecule has 0 aliphatic rings. The second kappa shape index (κ2) is 6.56. The second-order valence-electron chi connectivity index (χ2n) is 3.94. The highest BCUT2D eigenvalue weighted by atomic mass is 15.4. The lowest BCUT2D eigenvalue weighted by Crippen LogP contribution is -2.19. The third-order valence-electron chi connectivity index (χ3n) is 2.48. The van der Waals surface area contributed by atoms with Crippen molar-refractivity contribution in [3.8, 4) is 0 Å². The van der Waals surface area contributed by atoms with E-state index in [1.807, 2.05) is 4.68 Å². The predicted molar refractivity (Wildman–Crippen MR) is 61.6 cm³/mol. The minimum Gasteiger partial charge on any atom is -0.310 e. The molecule has 1 aromatic heterocycles. The third kappa shape index (κ3) is 3.63. The van der Waals surface area contributed by atoms with Crippen LogP contribution in [0, 0.1) is 0 Å². The third-order valence-corrected chi connectivity index (χ3v) is 2.48. The SMILES string of the molecule is CCCNCc1ncnn1C(C)CCC. The first kappa shape index (κ1) is 12.2. The molecule has 1 unspecified atom stereocenters. The Kier molecular flexibility index (Phi) is 5.32. The number of nitrogens with one attached hydrogen (secondary N) is 1. The van der Waals surface area contributed by atoms with E-state index in [4.69, 9.17) is 0 Å². The van der Waals surface area contributed by atoms with E-state index >= 15 is 0 Å². The van der Waals surface area contributed by atoms with E-state index in [9.17, 15) is 0 Å². The molecule has 0 fully saturated rings. The number of hydrogen-bond donors (Lipinski definition) is 1. The summed E-state index contributed by atoms with van der Waals surface area (Å²) in [6, 6.07) is 0.455. The minimum atomic E-state index is 0.455. The quantitative estimate of drug-likeness (QED) is 0.701. The summed E-state index contributed by atoms with van der Waals surface area (Å²) in [5.41, 5.74) is 0. The summed E-state index contributed by atoms with van der Waals surface area (Å²) in [5, 5.41) is 7.63. The Bertz CT molecular complexity index is 269. The van der Waals surface area contributed by atoms with Gasteiger partial charge in [0.05, 0.1) is 12.6 Å². The number of aromatic nitrogens is 3. The molecule has 0 saturated carbocycles. The molecular formula is C11H22N4. The van der Waals surface area contributed by atoms with E-state index < -0.39 is 0 Å². The first-order valence-electron chi connectivity index (χ1n) is 5.88. The van der Waals surface area contributed by atoms with Crippen LogP contribution in [0.1, 0.15) is 51.9 Å². The van der Waals surface area contributed by atoms with Crippen LogP contribution in [0.4, 0.5) is 0 Å². The number of hydrogen-bond acceptors (Lipinski definition) is 3. The Morgan fingerprint density at radius 2 is 2.20 bits per heavy atom. The molecule has 4 heteroatoms. The molecule has 4 nitrogen and oxygen atoms in total. The van der Waals surface area contributed by atoms with E-state index in [1.54, 1.807) is 6.33 Å². The van der Waals surface area contributed by atoms with Crippen molar-refractivity contribution in [2.75, 3.05) is 6.54 Å². The molecule has 86 valence electrons. The Balaban J connectivity index is 2.52. The lowest BCUT2D eigenvalue weighted by Gasteiger charge is -2.13. The van der Waals surface area contributed by atoms with Gasteiger partial charge in [0.1, 0.15) is 12.2 Å². The summed E-state index contributed by atoms with van der Waals surface area (Å²) in [6.45, 7) is 8.41. The second-order valence-corrected chi connectivity index (χ2v) is 3.94. The van der Waals surface area contributed by atoms with Crippen LogP contribution < -0.4 is 5.32 Å². The van der Waals surface area contributed by atoms with Crippen LogP contribution in [-0.2, 0) is 6.54 Å². The van der Waals surface area contributed by atoms with E-state index in [0.29, 0.717) is 6.04 Å².